The molecule has 0 N–H and O–H groups in total. The maximum atomic E-state index is 2.42. The van der Waals surface area contributed by atoms with Gasteiger partial charge in [-0.15, -0.1) is 11.3 Å². The Morgan fingerprint density at radius 2 is 0.920 bits per heavy atom. The van der Waals surface area contributed by atoms with Crippen molar-refractivity contribution in [3.8, 4) is 22.3 Å². The van der Waals surface area contributed by atoms with Crippen LogP contribution < -0.4 is 4.90 Å². The van der Waals surface area contributed by atoms with Crippen molar-refractivity contribution in [1.82, 2.24) is 0 Å². The highest BCUT2D eigenvalue weighted by molar-refractivity contribution is 7.25. The van der Waals surface area contributed by atoms with Crippen LogP contribution >= 0.6 is 11.3 Å². The Hall–Kier alpha value is -6.22. The van der Waals surface area contributed by atoms with E-state index in [1.54, 1.807) is 0 Å². The summed E-state index contributed by atoms with van der Waals surface area (Å²) in [4.78, 5) is 2.42. The number of fused-ring (bicyclic) bond motifs is 8. The predicted molar refractivity (Wildman–Crippen MR) is 217 cm³/mol. The van der Waals surface area contributed by atoms with Crippen LogP contribution in [0.2, 0.25) is 0 Å². The second kappa shape index (κ2) is 11.7. The molecule has 0 saturated heterocycles. The third-order valence-electron chi connectivity index (χ3n) is 10.1. The van der Waals surface area contributed by atoms with Gasteiger partial charge in [0.2, 0.25) is 0 Å². The molecule has 0 fully saturated rings. The highest BCUT2D eigenvalue weighted by Gasteiger charge is 2.19. The first-order valence-corrected chi connectivity index (χ1v) is 17.9. The summed E-state index contributed by atoms with van der Waals surface area (Å²) in [5.41, 5.74) is 8.25. The van der Waals surface area contributed by atoms with Gasteiger partial charge in [0.1, 0.15) is 0 Å². The van der Waals surface area contributed by atoms with Crippen molar-refractivity contribution in [1.29, 1.82) is 0 Å². The van der Waals surface area contributed by atoms with Crippen molar-refractivity contribution in [2.24, 2.45) is 0 Å². The van der Waals surface area contributed by atoms with Gasteiger partial charge in [0.05, 0.1) is 5.69 Å². The molecule has 1 aromatic heterocycles. The second-order valence-corrected chi connectivity index (χ2v) is 14.0. The van der Waals surface area contributed by atoms with Crippen LogP contribution in [0.4, 0.5) is 17.1 Å². The molecule has 0 aliphatic rings. The quantitative estimate of drug-likeness (QED) is 0.167. The molecular weight excluding hydrogens is 623 g/mol. The van der Waals surface area contributed by atoms with Gasteiger partial charge in [-0.3, -0.25) is 0 Å². The predicted octanol–water partition coefficient (Wildman–Crippen LogP) is 14.3. The van der Waals surface area contributed by atoms with Crippen molar-refractivity contribution in [2.75, 3.05) is 4.90 Å². The van der Waals surface area contributed by atoms with E-state index >= 15 is 0 Å². The van der Waals surface area contributed by atoms with Crippen LogP contribution in [-0.4, -0.2) is 0 Å². The molecule has 10 rings (SSSR count). The molecule has 50 heavy (non-hydrogen) atoms. The number of para-hydroxylation sites is 1. The van der Waals surface area contributed by atoms with Gasteiger partial charge in [-0.05, 0) is 91.5 Å². The lowest BCUT2D eigenvalue weighted by Crippen LogP contribution is -2.11. The number of nitrogens with zero attached hydrogens (tertiary/aromatic N) is 1. The number of rotatable bonds is 5. The van der Waals surface area contributed by atoms with Crippen LogP contribution in [0.1, 0.15) is 0 Å². The molecule has 0 amide bonds. The number of thiophene rings is 1. The minimum atomic E-state index is 1.12. The first-order chi connectivity index (χ1) is 24.8. The van der Waals surface area contributed by atoms with Crippen LogP contribution in [0.25, 0.3) is 74.7 Å². The molecule has 0 aliphatic carbocycles. The molecule has 2 heteroatoms. The van der Waals surface area contributed by atoms with E-state index in [1.165, 1.54) is 74.7 Å². The molecule has 0 aliphatic heterocycles. The maximum Gasteiger partial charge on any atom is 0.0540 e. The first kappa shape index (κ1) is 28.8. The Kier molecular flexibility index (Phi) is 6.75. The van der Waals surface area contributed by atoms with E-state index in [0.29, 0.717) is 0 Å². The Balaban J connectivity index is 1.17. The smallest absolute Gasteiger partial charge is 0.0540 e. The summed E-state index contributed by atoms with van der Waals surface area (Å²) in [5, 5.41) is 10.3. The van der Waals surface area contributed by atoms with E-state index in [9.17, 15) is 0 Å². The van der Waals surface area contributed by atoms with Gasteiger partial charge in [0, 0.05) is 37.1 Å². The van der Waals surface area contributed by atoms with Crippen molar-refractivity contribution in [2.45, 2.75) is 0 Å². The molecule has 0 radical (unpaired) electrons. The molecule has 0 saturated carbocycles. The van der Waals surface area contributed by atoms with E-state index in [-0.39, 0.29) is 0 Å². The number of hydrogen-bond acceptors (Lipinski definition) is 2. The molecule has 0 atom stereocenters. The topological polar surface area (TPSA) is 3.24 Å². The van der Waals surface area contributed by atoms with Crippen molar-refractivity contribution in [3.05, 3.63) is 188 Å². The monoisotopic (exact) mass is 653 g/mol. The Bertz CT molecular complexity index is 2870. The SMILES string of the molecule is c1ccc(-c2ccccc2N(c2ccc(-c3cc4c5ccccc5ccc4c4ccccc34)cc2)c2ccc3c(c2)sc2ccccc23)cc1. The molecule has 0 unspecified atom stereocenters. The molecule has 0 bridgehead atoms. The summed E-state index contributed by atoms with van der Waals surface area (Å²) in [5.74, 6) is 0. The highest BCUT2D eigenvalue weighted by atomic mass is 32.1. The normalized spacial score (nSPS) is 11.6. The summed E-state index contributed by atoms with van der Waals surface area (Å²) in [6.07, 6.45) is 0. The van der Waals surface area contributed by atoms with Gasteiger partial charge in [-0.2, -0.15) is 0 Å². The standard InChI is InChI=1S/C48H31NS/c1-2-12-32(13-3-1)38-16-8-10-20-46(38)49(36-27-29-43-42-19-9-11-21-47(42)50-48(43)30-36)35-25-22-34(23-26-35)44-31-45-37-15-5-4-14-33(37)24-28-41(45)39-17-6-7-18-40(39)44/h1-31H. The molecule has 1 heterocycles. The molecule has 234 valence electrons. The maximum absolute atomic E-state index is 2.42. The van der Waals surface area contributed by atoms with E-state index in [1.807, 2.05) is 11.3 Å². The van der Waals surface area contributed by atoms with Crippen LogP contribution in [0, 0.1) is 0 Å². The van der Waals surface area contributed by atoms with Gasteiger partial charge >= 0.3 is 0 Å². The third-order valence-corrected chi connectivity index (χ3v) is 11.2. The zero-order chi connectivity index (χ0) is 33.0. The van der Waals surface area contributed by atoms with E-state index < -0.39 is 0 Å². The summed E-state index contributed by atoms with van der Waals surface area (Å²) in [7, 11) is 0. The largest absolute Gasteiger partial charge is 0.310 e. The highest BCUT2D eigenvalue weighted by Crippen LogP contribution is 2.45. The average molecular weight is 654 g/mol. The third kappa shape index (κ3) is 4.69. The zero-order valence-corrected chi connectivity index (χ0v) is 28.1. The first-order valence-electron chi connectivity index (χ1n) is 17.1. The lowest BCUT2D eigenvalue weighted by atomic mass is 9.91. The van der Waals surface area contributed by atoms with Gasteiger partial charge in [0.25, 0.3) is 0 Å². The van der Waals surface area contributed by atoms with Gasteiger partial charge in [0.15, 0.2) is 0 Å². The van der Waals surface area contributed by atoms with Crippen LogP contribution in [0.3, 0.4) is 0 Å². The summed E-state index contributed by atoms with van der Waals surface area (Å²) in [6.45, 7) is 0. The summed E-state index contributed by atoms with van der Waals surface area (Å²) in [6, 6.07) is 68.7. The molecule has 1 nitrogen and oxygen atoms in total. The lowest BCUT2D eigenvalue weighted by molar-refractivity contribution is 1.29. The van der Waals surface area contributed by atoms with Crippen LogP contribution in [-0.2, 0) is 0 Å². The van der Waals surface area contributed by atoms with Crippen LogP contribution in [0.5, 0.6) is 0 Å². The molecule has 0 spiro atoms. The number of benzene rings is 9. The fourth-order valence-electron chi connectivity index (χ4n) is 7.70. The molecule has 9 aromatic carbocycles. The lowest BCUT2D eigenvalue weighted by Gasteiger charge is -2.28. The second-order valence-electron chi connectivity index (χ2n) is 12.9. The Labute approximate surface area is 294 Å². The van der Waals surface area contributed by atoms with E-state index in [4.69, 9.17) is 0 Å². The Morgan fingerprint density at radius 3 is 1.78 bits per heavy atom. The number of anilines is 3. The van der Waals surface area contributed by atoms with Crippen molar-refractivity contribution in [3.63, 3.8) is 0 Å². The Morgan fingerprint density at radius 1 is 0.320 bits per heavy atom. The van der Waals surface area contributed by atoms with Gasteiger partial charge in [-0.25, -0.2) is 0 Å². The van der Waals surface area contributed by atoms with E-state index in [0.717, 1.165) is 17.1 Å². The molecular formula is C48H31NS. The van der Waals surface area contributed by atoms with Gasteiger partial charge < -0.3 is 4.90 Å². The molecule has 10 aromatic rings. The fourth-order valence-corrected chi connectivity index (χ4v) is 8.84. The summed E-state index contributed by atoms with van der Waals surface area (Å²) >= 11 is 1.86. The minimum Gasteiger partial charge on any atom is -0.310 e. The van der Waals surface area contributed by atoms with Crippen LogP contribution in [0.15, 0.2) is 188 Å². The minimum absolute atomic E-state index is 1.12. The average Bonchev–Trinajstić information content (AvgIpc) is 3.56. The summed E-state index contributed by atoms with van der Waals surface area (Å²) < 4.78 is 2.60. The van der Waals surface area contributed by atoms with Crippen molar-refractivity contribution < 1.29 is 0 Å². The van der Waals surface area contributed by atoms with E-state index in [2.05, 4.69) is 193 Å². The number of hydrogen-bond donors (Lipinski definition) is 0. The fraction of sp³-hybridized carbons (Fsp3) is 0. The van der Waals surface area contributed by atoms with Gasteiger partial charge in [-0.1, -0.05) is 146 Å². The zero-order valence-electron chi connectivity index (χ0n) is 27.3. The van der Waals surface area contributed by atoms with Crippen molar-refractivity contribution >= 4 is 80.9 Å².